The fraction of sp³-hybridized carbons (Fsp3) is 0.462. The first-order valence-electron chi connectivity index (χ1n) is 5.79. The lowest BCUT2D eigenvalue weighted by atomic mass is 10.0. The molecule has 0 saturated heterocycles. The van der Waals surface area contributed by atoms with Crippen molar-refractivity contribution in [2.75, 3.05) is 20.3 Å². The van der Waals surface area contributed by atoms with Crippen LogP contribution >= 0.6 is 0 Å². The highest BCUT2D eigenvalue weighted by Crippen LogP contribution is 2.04. The Morgan fingerprint density at radius 1 is 1.41 bits per heavy atom. The van der Waals surface area contributed by atoms with Crippen molar-refractivity contribution in [1.82, 2.24) is 5.32 Å². The smallest absolute Gasteiger partial charge is 0.234 e. The largest absolute Gasteiger partial charge is 0.383 e. The highest BCUT2D eigenvalue weighted by Gasteiger charge is 2.13. The Morgan fingerprint density at radius 3 is 2.71 bits per heavy atom. The number of hydrogen-bond donors (Lipinski definition) is 2. The van der Waals surface area contributed by atoms with Crippen molar-refractivity contribution in [3.8, 4) is 0 Å². The Morgan fingerprint density at radius 2 is 2.12 bits per heavy atom. The Hall–Kier alpha value is -1.39. The second-order valence-corrected chi connectivity index (χ2v) is 3.93. The van der Waals surface area contributed by atoms with Crippen LogP contribution in [0.4, 0.5) is 0 Å². The first-order chi connectivity index (χ1) is 8.24. The maximum atomic E-state index is 11.2. The molecule has 0 aliphatic heterocycles. The van der Waals surface area contributed by atoms with E-state index in [0.29, 0.717) is 19.6 Å². The van der Waals surface area contributed by atoms with E-state index in [4.69, 9.17) is 10.5 Å². The summed E-state index contributed by atoms with van der Waals surface area (Å²) < 4.78 is 4.92. The van der Waals surface area contributed by atoms with Gasteiger partial charge in [-0.25, -0.2) is 0 Å². The van der Waals surface area contributed by atoms with Gasteiger partial charge in [-0.05, 0) is 18.4 Å². The van der Waals surface area contributed by atoms with Gasteiger partial charge in [0.05, 0.1) is 12.6 Å². The van der Waals surface area contributed by atoms with Gasteiger partial charge in [0.2, 0.25) is 5.91 Å². The summed E-state index contributed by atoms with van der Waals surface area (Å²) in [6.45, 7) is 1.22. The van der Waals surface area contributed by atoms with Gasteiger partial charge in [0.25, 0.3) is 0 Å². The van der Waals surface area contributed by atoms with Gasteiger partial charge in [0.1, 0.15) is 0 Å². The van der Waals surface area contributed by atoms with Crippen LogP contribution in [0.1, 0.15) is 12.0 Å². The Balaban J connectivity index is 2.36. The molecule has 0 spiro atoms. The molecule has 1 unspecified atom stereocenters. The molecular weight excluding hydrogens is 216 g/mol. The number of carbonyl (C=O) groups is 1. The number of nitrogens with one attached hydrogen (secondary N) is 1. The van der Waals surface area contributed by atoms with Gasteiger partial charge in [-0.1, -0.05) is 30.3 Å². The van der Waals surface area contributed by atoms with Crippen LogP contribution in [0.2, 0.25) is 0 Å². The topological polar surface area (TPSA) is 64.3 Å². The van der Waals surface area contributed by atoms with Crippen molar-refractivity contribution in [3.05, 3.63) is 35.9 Å². The molecule has 0 aliphatic carbocycles. The molecule has 0 radical (unpaired) electrons. The number of primary amides is 1. The second-order valence-electron chi connectivity index (χ2n) is 3.93. The van der Waals surface area contributed by atoms with Gasteiger partial charge in [-0.2, -0.15) is 0 Å². The first kappa shape index (κ1) is 13.7. The third-order valence-electron chi connectivity index (χ3n) is 2.60. The van der Waals surface area contributed by atoms with Gasteiger partial charge in [-0.15, -0.1) is 0 Å². The minimum Gasteiger partial charge on any atom is -0.383 e. The number of nitrogens with two attached hydrogens (primary N) is 1. The van der Waals surface area contributed by atoms with E-state index in [-0.39, 0.29) is 11.9 Å². The van der Waals surface area contributed by atoms with E-state index in [1.807, 2.05) is 30.3 Å². The minimum absolute atomic E-state index is 0.287. The number of carbonyl (C=O) groups excluding carboxylic acids is 1. The van der Waals surface area contributed by atoms with Crippen LogP contribution in [0.3, 0.4) is 0 Å². The van der Waals surface area contributed by atoms with Crippen LogP contribution in [-0.2, 0) is 16.0 Å². The predicted molar refractivity (Wildman–Crippen MR) is 67.6 cm³/mol. The zero-order valence-electron chi connectivity index (χ0n) is 10.2. The maximum Gasteiger partial charge on any atom is 0.234 e. The summed E-state index contributed by atoms with van der Waals surface area (Å²) in [6, 6.07) is 9.78. The number of amides is 1. The molecule has 0 heterocycles. The van der Waals surface area contributed by atoms with Gasteiger partial charge in [-0.3, -0.25) is 4.79 Å². The highest BCUT2D eigenvalue weighted by atomic mass is 16.5. The van der Waals surface area contributed by atoms with E-state index < -0.39 is 0 Å². The molecule has 4 heteroatoms. The number of rotatable bonds is 8. The minimum atomic E-state index is -0.308. The predicted octanol–water partition coefficient (Wildman–Crippen LogP) is 0.709. The summed E-state index contributed by atoms with van der Waals surface area (Å²) in [5.74, 6) is -0.308. The van der Waals surface area contributed by atoms with Crippen molar-refractivity contribution in [3.63, 3.8) is 0 Å². The Labute approximate surface area is 102 Å². The summed E-state index contributed by atoms with van der Waals surface area (Å²) in [6.07, 6.45) is 1.55. The SMILES string of the molecule is COCCNC(CCc1ccccc1)C(N)=O. The van der Waals surface area contributed by atoms with Gasteiger partial charge in [0, 0.05) is 13.7 Å². The molecule has 0 saturated carbocycles. The summed E-state index contributed by atoms with van der Waals surface area (Å²) in [5, 5.41) is 3.09. The van der Waals surface area contributed by atoms with E-state index in [9.17, 15) is 4.79 Å². The summed E-state index contributed by atoms with van der Waals surface area (Å²) in [4.78, 5) is 11.2. The van der Waals surface area contributed by atoms with Gasteiger partial charge >= 0.3 is 0 Å². The number of methoxy groups -OCH3 is 1. The maximum absolute atomic E-state index is 11.2. The number of aryl methyl sites for hydroxylation is 1. The van der Waals surface area contributed by atoms with Crippen molar-refractivity contribution < 1.29 is 9.53 Å². The molecule has 1 rings (SSSR count). The number of ether oxygens (including phenoxy) is 1. The van der Waals surface area contributed by atoms with Crippen molar-refractivity contribution in [2.24, 2.45) is 5.73 Å². The van der Waals surface area contributed by atoms with Crippen molar-refractivity contribution >= 4 is 5.91 Å². The average Bonchev–Trinajstić information content (AvgIpc) is 2.34. The van der Waals surface area contributed by atoms with E-state index in [0.717, 1.165) is 6.42 Å². The molecule has 4 nitrogen and oxygen atoms in total. The fourth-order valence-corrected chi connectivity index (χ4v) is 1.64. The van der Waals surface area contributed by atoms with Gasteiger partial charge in [0.15, 0.2) is 0 Å². The van der Waals surface area contributed by atoms with Crippen LogP contribution in [0.25, 0.3) is 0 Å². The van der Waals surface area contributed by atoms with Crippen molar-refractivity contribution in [1.29, 1.82) is 0 Å². The summed E-state index contributed by atoms with van der Waals surface area (Å²) in [7, 11) is 1.63. The van der Waals surface area contributed by atoms with Crippen LogP contribution in [-0.4, -0.2) is 32.2 Å². The normalized spacial score (nSPS) is 12.3. The standard InChI is InChI=1S/C13H20N2O2/c1-17-10-9-15-12(13(14)16)8-7-11-5-3-2-4-6-11/h2-6,12,15H,7-10H2,1H3,(H2,14,16). The van der Waals surface area contributed by atoms with Crippen LogP contribution < -0.4 is 11.1 Å². The molecule has 3 N–H and O–H groups in total. The molecule has 0 aromatic heterocycles. The zero-order valence-corrected chi connectivity index (χ0v) is 10.2. The average molecular weight is 236 g/mol. The highest BCUT2D eigenvalue weighted by molar-refractivity contribution is 5.79. The summed E-state index contributed by atoms with van der Waals surface area (Å²) >= 11 is 0. The van der Waals surface area contributed by atoms with Crippen LogP contribution in [0.15, 0.2) is 30.3 Å². The molecule has 1 aromatic rings. The molecule has 0 fully saturated rings. The summed E-state index contributed by atoms with van der Waals surface area (Å²) in [5.41, 5.74) is 6.56. The van der Waals surface area contributed by atoms with Crippen molar-refractivity contribution in [2.45, 2.75) is 18.9 Å². The molecule has 0 bridgehead atoms. The van der Waals surface area contributed by atoms with E-state index in [1.165, 1.54) is 5.56 Å². The van der Waals surface area contributed by atoms with E-state index in [1.54, 1.807) is 7.11 Å². The lowest BCUT2D eigenvalue weighted by Crippen LogP contribution is -2.42. The molecule has 1 atom stereocenters. The quantitative estimate of drug-likeness (QED) is 0.653. The zero-order chi connectivity index (χ0) is 12.5. The van der Waals surface area contributed by atoms with E-state index >= 15 is 0 Å². The molecule has 1 amide bonds. The van der Waals surface area contributed by atoms with Gasteiger partial charge < -0.3 is 15.8 Å². The number of hydrogen-bond acceptors (Lipinski definition) is 3. The molecule has 0 aliphatic rings. The molecule has 1 aromatic carbocycles. The monoisotopic (exact) mass is 236 g/mol. The lowest BCUT2D eigenvalue weighted by molar-refractivity contribution is -0.120. The Bertz CT molecular complexity index is 327. The third kappa shape index (κ3) is 5.47. The second kappa shape index (κ2) is 7.81. The molecular formula is C13H20N2O2. The first-order valence-corrected chi connectivity index (χ1v) is 5.79. The molecule has 17 heavy (non-hydrogen) atoms. The fourth-order valence-electron chi connectivity index (χ4n) is 1.64. The van der Waals surface area contributed by atoms with Crippen LogP contribution in [0.5, 0.6) is 0 Å². The lowest BCUT2D eigenvalue weighted by Gasteiger charge is -2.14. The Kier molecular flexibility index (Phi) is 6.29. The number of benzene rings is 1. The molecule has 94 valence electrons. The van der Waals surface area contributed by atoms with E-state index in [2.05, 4.69) is 5.32 Å². The third-order valence-corrected chi connectivity index (χ3v) is 2.60. The van der Waals surface area contributed by atoms with Crippen LogP contribution in [0, 0.1) is 0 Å².